The summed E-state index contributed by atoms with van der Waals surface area (Å²) < 4.78 is 6.99. The Bertz CT molecular complexity index is 972. The van der Waals surface area contributed by atoms with Crippen LogP contribution in [0.15, 0.2) is 18.2 Å². The molecule has 180 valence electrons. The van der Waals surface area contributed by atoms with E-state index in [1.165, 1.54) is 31.9 Å². The molecule has 2 fully saturated rings. The molecule has 1 saturated carbocycles. The minimum atomic E-state index is -0.523. The van der Waals surface area contributed by atoms with Gasteiger partial charge in [-0.05, 0) is 83.2 Å². The molecule has 0 bridgehead atoms. The van der Waals surface area contributed by atoms with Crippen molar-refractivity contribution in [3.8, 4) is 0 Å². The molecule has 0 atom stereocenters. The number of hydrogen-bond acceptors (Lipinski definition) is 5. The monoisotopic (exact) mass is 455 g/mol. The number of imidazole rings is 1. The summed E-state index contributed by atoms with van der Waals surface area (Å²) in [5.41, 5.74) is 3.16. The van der Waals surface area contributed by atoms with Crippen molar-refractivity contribution in [3.63, 3.8) is 0 Å². The number of nitrogens with one attached hydrogen (secondary N) is 2. The number of anilines is 1. The van der Waals surface area contributed by atoms with Crippen molar-refractivity contribution in [2.75, 3.05) is 25.5 Å². The summed E-state index contributed by atoms with van der Waals surface area (Å²) in [4.78, 5) is 31.7. The minimum absolute atomic E-state index is 0.0464. The molecule has 2 aromatic rings. The zero-order valence-electron chi connectivity index (χ0n) is 20.1. The Morgan fingerprint density at radius 3 is 2.52 bits per heavy atom. The van der Waals surface area contributed by atoms with Crippen LogP contribution in [0.5, 0.6) is 0 Å². The highest BCUT2D eigenvalue weighted by Crippen LogP contribution is 2.37. The first-order valence-electron chi connectivity index (χ1n) is 12.3. The van der Waals surface area contributed by atoms with E-state index in [9.17, 15) is 9.59 Å². The molecule has 1 aliphatic heterocycles. The molecular formula is C25H37N5O3. The molecule has 0 spiro atoms. The molecule has 0 unspecified atom stereocenters. The molecule has 1 saturated heterocycles. The largest absolute Gasteiger partial charge is 0.453 e. The highest BCUT2D eigenvalue weighted by Gasteiger charge is 2.30. The smallest absolute Gasteiger partial charge is 0.413 e. The second kappa shape index (κ2) is 10.5. The normalized spacial score (nSPS) is 21.8. The molecule has 8 nitrogen and oxygen atoms in total. The van der Waals surface area contributed by atoms with Crippen LogP contribution in [0.2, 0.25) is 0 Å². The van der Waals surface area contributed by atoms with Gasteiger partial charge >= 0.3 is 6.09 Å². The fourth-order valence-electron chi connectivity index (χ4n) is 5.21. The maximum Gasteiger partial charge on any atom is 0.413 e. The Balaban J connectivity index is 1.58. The molecule has 2 aliphatic rings. The summed E-state index contributed by atoms with van der Waals surface area (Å²) in [7, 11) is 1.36. The van der Waals surface area contributed by atoms with Crippen LogP contribution in [-0.4, -0.2) is 52.7 Å². The fourth-order valence-corrected chi connectivity index (χ4v) is 5.21. The minimum Gasteiger partial charge on any atom is -0.453 e. The average Bonchev–Trinajstić information content (AvgIpc) is 3.16. The molecule has 0 radical (unpaired) electrons. The number of carbonyl (C=O) groups excluding carboxylic acids is 2. The van der Waals surface area contributed by atoms with Gasteiger partial charge in [0.2, 0.25) is 11.9 Å². The van der Waals surface area contributed by atoms with Crippen molar-refractivity contribution in [2.45, 2.75) is 77.4 Å². The quantitative estimate of drug-likeness (QED) is 0.672. The lowest BCUT2D eigenvalue weighted by Gasteiger charge is -2.30. The van der Waals surface area contributed by atoms with E-state index < -0.39 is 6.09 Å². The molecule has 1 aromatic heterocycles. The van der Waals surface area contributed by atoms with E-state index in [4.69, 9.17) is 9.72 Å². The van der Waals surface area contributed by atoms with Crippen LogP contribution in [0.3, 0.4) is 0 Å². The first-order valence-corrected chi connectivity index (χ1v) is 12.3. The van der Waals surface area contributed by atoms with Crippen LogP contribution in [-0.2, 0) is 16.1 Å². The molecule has 33 heavy (non-hydrogen) atoms. The molecule has 8 heteroatoms. The number of piperidine rings is 1. The highest BCUT2D eigenvalue weighted by atomic mass is 16.5. The summed E-state index contributed by atoms with van der Waals surface area (Å²) in [5, 5.41) is 5.86. The molecule has 2 N–H and O–H groups in total. The number of methoxy groups -OCH3 is 1. The van der Waals surface area contributed by atoms with Crippen LogP contribution in [0.25, 0.3) is 11.0 Å². The summed E-state index contributed by atoms with van der Waals surface area (Å²) in [6.07, 6.45) is 6.72. The van der Waals surface area contributed by atoms with Crippen molar-refractivity contribution in [2.24, 2.45) is 5.92 Å². The Morgan fingerprint density at radius 1 is 1.12 bits per heavy atom. The first-order chi connectivity index (χ1) is 15.9. The van der Waals surface area contributed by atoms with Crippen LogP contribution in [0.1, 0.15) is 70.4 Å². The van der Waals surface area contributed by atoms with Gasteiger partial charge in [-0.3, -0.25) is 15.0 Å². The van der Waals surface area contributed by atoms with E-state index >= 15 is 0 Å². The molecule has 1 aliphatic carbocycles. The Hall–Kier alpha value is -2.61. The number of benzene rings is 1. The summed E-state index contributed by atoms with van der Waals surface area (Å²) in [6, 6.07) is 6.74. The van der Waals surface area contributed by atoms with Crippen LogP contribution in [0.4, 0.5) is 10.7 Å². The maximum absolute atomic E-state index is 12.5. The number of rotatable bonds is 6. The topological polar surface area (TPSA) is 88.5 Å². The number of amides is 2. The predicted molar refractivity (Wildman–Crippen MR) is 129 cm³/mol. The Morgan fingerprint density at radius 2 is 1.85 bits per heavy atom. The van der Waals surface area contributed by atoms with Gasteiger partial charge in [0.15, 0.2) is 0 Å². The molecule has 2 heterocycles. The number of hydrogen-bond donors (Lipinski definition) is 2. The van der Waals surface area contributed by atoms with E-state index in [0.29, 0.717) is 5.95 Å². The third kappa shape index (κ3) is 5.66. The van der Waals surface area contributed by atoms with Crippen molar-refractivity contribution >= 4 is 29.0 Å². The van der Waals surface area contributed by atoms with Gasteiger partial charge in [-0.1, -0.05) is 12.5 Å². The molecule has 1 aromatic carbocycles. The summed E-state index contributed by atoms with van der Waals surface area (Å²) in [5.74, 6) is 0.711. The van der Waals surface area contributed by atoms with Gasteiger partial charge in [-0.2, -0.15) is 0 Å². The lowest BCUT2D eigenvalue weighted by Crippen LogP contribution is -2.37. The van der Waals surface area contributed by atoms with Gasteiger partial charge < -0.3 is 14.6 Å². The van der Waals surface area contributed by atoms with Gasteiger partial charge in [-0.15, -0.1) is 0 Å². The van der Waals surface area contributed by atoms with Crippen LogP contribution in [0, 0.1) is 5.92 Å². The number of fused-ring (bicyclic) bond motifs is 1. The molecular weight excluding hydrogens is 418 g/mol. The number of aromatic nitrogens is 2. The van der Waals surface area contributed by atoms with Gasteiger partial charge in [0.25, 0.3) is 0 Å². The van der Waals surface area contributed by atoms with Crippen molar-refractivity contribution in [1.82, 2.24) is 19.8 Å². The Labute approximate surface area is 196 Å². The van der Waals surface area contributed by atoms with E-state index in [2.05, 4.69) is 38.3 Å². The summed E-state index contributed by atoms with van der Waals surface area (Å²) >= 11 is 0. The summed E-state index contributed by atoms with van der Waals surface area (Å²) in [6.45, 7) is 7.22. The first kappa shape index (κ1) is 23.5. The molecule has 2 amide bonds. The molecule has 4 rings (SSSR count). The van der Waals surface area contributed by atoms with Gasteiger partial charge in [0.05, 0.1) is 18.1 Å². The van der Waals surface area contributed by atoms with Gasteiger partial charge in [0, 0.05) is 24.5 Å². The van der Waals surface area contributed by atoms with E-state index in [0.717, 1.165) is 56.4 Å². The van der Waals surface area contributed by atoms with Crippen LogP contribution >= 0.6 is 0 Å². The van der Waals surface area contributed by atoms with E-state index in [-0.39, 0.29) is 23.9 Å². The lowest BCUT2D eigenvalue weighted by atomic mass is 9.85. The SMILES string of the molecule is COC(=O)Nc1nc2ccc(CN3CCCCC3)cc2n1[C@H]1CC[C@@H](C(=O)NC(C)C)CC1. The second-order valence-electron chi connectivity index (χ2n) is 9.75. The highest BCUT2D eigenvalue weighted by molar-refractivity contribution is 5.87. The third-order valence-electron chi connectivity index (χ3n) is 6.87. The zero-order chi connectivity index (χ0) is 23.4. The number of ether oxygens (including phenoxy) is 1. The number of carbonyl (C=O) groups is 2. The number of nitrogens with zero attached hydrogens (tertiary/aromatic N) is 3. The van der Waals surface area contributed by atoms with Gasteiger partial charge in [-0.25, -0.2) is 9.78 Å². The zero-order valence-corrected chi connectivity index (χ0v) is 20.1. The Kier molecular flexibility index (Phi) is 7.53. The van der Waals surface area contributed by atoms with Crippen molar-refractivity contribution in [3.05, 3.63) is 23.8 Å². The third-order valence-corrected chi connectivity index (χ3v) is 6.87. The predicted octanol–water partition coefficient (Wildman–Crippen LogP) is 4.46. The second-order valence-corrected chi connectivity index (χ2v) is 9.75. The van der Waals surface area contributed by atoms with Crippen molar-refractivity contribution < 1.29 is 14.3 Å². The van der Waals surface area contributed by atoms with Crippen molar-refractivity contribution in [1.29, 1.82) is 0 Å². The van der Waals surface area contributed by atoms with Crippen LogP contribution < -0.4 is 10.6 Å². The maximum atomic E-state index is 12.5. The average molecular weight is 456 g/mol. The van der Waals surface area contributed by atoms with Gasteiger partial charge in [0.1, 0.15) is 0 Å². The van der Waals surface area contributed by atoms with E-state index in [1.54, 1.807) is 0 Å². The number of likely N-dealkylation sites (tertiary alicyclic amines) is 1. The fraction of sp³-hybridized carbons (Fsp3) is 0.640. The standard InChI is InChI=1S/C25H37N5O3/c1-17(2)26-23(31)19-8-10-20(11-9-19)30-22-15-18(16-29-13-5-4-6-14-29)7-12-21(22)27-24(30)28-25(32)33-3/h7,12,15,17,19-20H,4-6,8-11,13-14,16H2,1-3H3,(H,26,31)(H,27,28,32)/t19-,20+. The lowest BCUT2D eigenvalue weighted by molar-refractivity contribution is -0.126. The van der Waals surface area contributed by atoms with E-state index in [1.807, 2.05) is 13.8 Å².